The summed E-state index contributed by atoms with van der Waals surface area (Å²) in [5.74, 6) is -0.720. The number of hydrogen-bond acceptors (Lipinski definition) is 3. The van der Waals surface area contributed by atoms with Crippen molar-refractivity contribution in [3.63, 3.8) is 0 Å². The first-order valence-electron chi connectivity index (χ1n) is 9.86. The average molecular weight is 415 g/mol. The van der Waals surface area contributed by atoms with Gasteiger partial charge in [-0.3, -0.25) is 0 Å². The third kappa shape index (κ3) is 4.19. The maximum atomic E-state index is 13.4. The molecule has 0 spiro atoms. The number of carboxylic acid groups (broad SMARTS) is 1. The Labute approximate surface area is 179 Å². The summed E-state index contributed by atoms with van der Waals surface area (Å²) in [5, 5.41) is 17.6. The van der Waals surface area contributed by atoms with Gasteiger partial charge in [0.05, 0.1) is 22.6 Å². The zero-order valence-corrected chi connectivity index (χ0v) is 17.5. The molecular formula is C25H22FN3O2. The van der Waals surface area contributed by atoms with E-state index >= 15 is 0 Å². The fraction of sp³-hybridized carbons (Fsp3) is 0.120. The lowest BCUT2D eigenvalue weighted by molar-refractivity contribution is 0.0698. The molecule has 0 radical (unpaired) electrons. The second-order valence-corrected chi connectivity index (χ2v) is 7.60. The fourth-order valence-corrected chi connectivity index (χ4v) is 3.45. The van der Waals surface area contributed by atoms with Gasteiger partial charge >= 0.3 is 5.97 Å². The Morgan fingerprint density at radius 1 is 0.935 bits per heavy atom. The van der Waals surface area contributed by atoms with Crippen LogP contribution in [0.5, 0.6) is 0 Å². The van der Waals surface area contributed by atoms with Crippen LogP contribution >= 0.6 is 0 Å². The number of aromatic carboxylic acids is 1. The normalized spacial score (nSPS) is 10.8. The fourth-order valence-electron chi connectivity index (χ4n) is 3.45. The standard InChI is InChI=1S/C25H22FN3O2/c1-15-5-11-20(25(30)31)22(12-15)27-24-14-21(18-7-9-19(26)10-8-18)28-29(24)23-13-16(2)4-6-17(23)3/h4-14,27H,1-3H3,(H,30,31). The van der Waals surface area contributed by atoms with Gasteiger partial charge in [-0.2, -0.15) is 5.10 Å². The van der Waals surface area contributed by atoms with Crippen LogP contribution in [0.1, 0.15) is 27.0 Å². The van der Waals surface area contributed by atoms with Crippen molar-refractivity contribution in [3.8, 4) is 16.9 Å². The molecule has 5 nitrogen and oxygen atoms in total. The third-order valence-electron chi connectivity index (χ3n) is 5.11. The van der Waals surface area contributed by atoms with E-state index in [0.717, 1.165) is 27.9 Å². The summed E-state index contributed by atoms with van der Waals surface area (Å²) in [7, 11) is 0. The highest BCUT2D eigenvalue weighted by molar-refractivity contribution is 5.95. The van der Waals surface area contributed by atoms with Crippen molar-refractivity contribution in [2.45, 2.75) is 20.8 Å². The van der Waals surface area contributed by atoms with Crippen molar-refractivity contribution in [3.05, 3.63) is 94.8 Å². The van der Waals surface area contributed by atoms with Crippen LogP contribution in [0.4, 0.5) is 15.9 Å². The van der Waals surface area contributed by atoms with Crippen LogP contribution in [-0.2, 0) is 0 Å². The van der Waals surface area contributed by atoms with Crippen LogP contribution in [0.3, 0.4) is 0 Å². The van der Waals surface area contributed by atoms with Crippen LogP contribution in [0.15, 0.2) is 66.7 Å². The number of halogens is 1. The van der Waals surface area contributed by atoms with Crippen molar-refractivity contribution in [2.75, 3.05) is 5.32 Å². The van der Waals surface area contributed by atoms with E-state index in [1.165, 1.54) is 12.1 Å². The summed E-state index contributed by atoms with van der Waals surface area (Å²) in [6.07, 6.45) is 0. The van der Waals surface area contributed by atoms with Crippen LogP contribution in [0.2, 0.25) is 0 Å². The summed E-state index contributed by atoms with van der Waals surface area (Å²) in [6.45, 7) is 5.90. The summed E-state index contributed by atoms with van der Waals surface area (Å²) in [5.41, 5.74) is 5.96. The van der Waals surface area contributed by atoms with Gasteiger partial charge < -0.3 is 10.4 Å². The molecule has 4 aromatic rings. The molecule has 4 rings (SSSR count). The van der Waals surface area contributed by atoms with Crippen molar-refractivity contribution in [1.29, 1.82) is 0 Å². The zero-order valence-electron chi connectivity index (χ0n) is 17.5. The van der Waals surface area contributed by atoms with Gasteiger partial charge in [-0.25, -0.2) is 13.9 Å². The summed E-state index contributed by atoms with van der Waals surface area (Å²) in [6, 6.07) is 19.2. The Kier molecular flexibility index (Phi) is 5.29. The van der Waals surface area contributed by atoms with E-state index in [0.29, 0.717) is 17.2 Å². The number of hydrogen-bond donors (Lipinski definition) is 2. The van der Waals surface area contributed by atoms with Crippen molar-refractivity contribution < 1.29 is 14.3 Å². The van der Waals surface area contributed by atoms with Crippen LogP contribution in [-0.4, -0.2) is 20.9 Å². The molecule has 0 bridgehead atoms. The molecule has 2 N–H and O–H groups in total. The SMILES string of the molecule is Cc1ccc(C(=O)O)c(Nc2cc(-c3ccc(F)cc3)nn2-c2cc(C)ccc2C)c1. The molecule has 156 valence electrons. The summed E-state index contributed by atoms with van der Waals surface area (Å²) < 4.78 is 15.2. The summed E-state index contributed by atoms with van der Waals surface area (Å²) >= 11 is 0. The van der Waals surface area contributed by atoms with Gasteiger partial charge in [-0.1, -0.05) is 18.2 Å². The average Bonchev–Trinajstić information content (AvgIpc) is 3.13. The lowest BCUT2D eigenvalue weighted by Gasteiger charge is -2.14. The minimum Gasteiger partial charge on any atom is -0.478 e. The molecule has 1 aromatic heterocycles. The van der Waals surface area contributed by atoms with E-state index in [9.17, 15) is 14.3 Å². The molecule has 0 unspecified atom stereocenters. The zero-order chi connectivity index (χ0) is 22.1. The smallest absolute Gasteiger partial charge is 0.337 e. The third-order valence-corrected chi connectivity index (χ3v) is 5.11. The number of nitrogens with one attached hydrogen (secondary N) is 1. The molecule has 0 fully saturated rings. The van der Waals surface area contributed by atoms with Crippen LogP contribution in [0.25, 0.3) is 16.9 Å². The highest BCUT2D eigenvalue weighted by atomic mass is 19.1. The number of nitrogens with zero attached hydrogens (tertiary/aromatic N) is 2. The van der Waals surface area contributed by atoms with E-state index in [1.54, 1.807) is 35.0 Å². The van der Waals surface area contributed by atoms with E-state index in [-0.39, 0.29) is 11.4 Å². The molecule has 3 aromatic carbocycles. The topological polar surface area (TPSA) is 67.2 Å². The van der Waals surface area contributed by atoms with Gasteiger partial charge in [0.15, 0.2) is 0 Å². The molecule has 0 atom stereocenters. The molecule has 0 saturated heterocycles. The Balaban J connectivity index is 1.88. The second kappa shape index (κ2) is 8.07. The number of carboxylic acids is 1. The van der Waals surface area contributed by atoms with Gasteiger partial charge in [0.1, 0.15) is 11.6 Å². The summed E-state index contributed by atoms with van der Waals surface area (Å²) in [4.78, 5) is 11.7. The molecule has 6 heteroatoms. The number of rotatable bonds is 5. The Morgan fingerprint density at radius 3 is 2.32 bits per heavy atom. The lowest BCUT2D eigenvalue weighted by Crippen LogP contribution is -2.08. The maximum Gasteiger partial charge on any atom is 0.337 e. The number of aromatic nitrogens is 2. The first-order valence-corrected chi connectivity index (χ1v) is 9.86. The van der Waals surface area contributed by atoms with E-state index in [1.807, 2.05) is 45.0 Å². The lowest BCUT2D eigenvalue weighted by atomic mass is 10.1. The van der Waals surface area contributed by atoms with E-state index in [2.05, 4.69) is 5.32 Å². The minimum absolute atomic E-state index is 0.169. The van der Waals surface area contributed by atoms with Gasteiger partial charge in [0, 0.05) is 11.6 Å². The van der Waals surface area contributed by atoms with Gasteiger partial charge in [0.25, 0.3) is 0 Å². The first kappa shape index (κ1) is 20.3. The molecule has 0 aliphatic rings. The highest BCUT2D eigenvalue weighted by Crippen LogP contribution is 2.30. The maximum absolute atomic E-state index is 13.4. The predicted molar refractivity (Wildman–Crippen MR) is 120 cm³/mol. The van der Waals surface area contributed by atoms with Gasteiger partial charge in [-0.05, 0) is 79.9 Å². The van der Waals surface area contributed by atoms with Crippen LogP contribution in [0, 0.1) is 26.6 Å². The predicted octanol–water partition coefficient (Wildman–Crippen LogP) is 6.05. The number of aryl methyl sites for hydroxylation is 3. The van der Waals surface area contributed by atoms with Gasteiger partial charge in [-0.15, -0.1) is 0 Å². The molecule has 0 amide bonds. The quantitative estimate of drug-likeness (QED) is 0.417. The molecule has 1 heterocycles. The molecule has 0 saturated carbocycles. The van der Waals surface area contributed by atoms with Crippen molar-refractivity contribution in [1.82, 2.24) is 9.78 Å². The highest BCUT2D eigenvalue weighted by Gasteiger charge is 2.17. The van der Waals surface area contributed by atoms with Crippen molar-refractivity contribution in [2.24, 2.45) is 0 Å². The Hall–Kier alpha value is -3.93. The molecule has 0 aliphatic carbocycles. The Morgan fingerprint density at radius 2 is 1.61 bits per heavy atom. The van der Waals surface area contributed by atoms with Crippen LogP contribution < -0.4 is 5.32 Å². The van der Waals surface area contributed by atoms with Crippen molar-refractivity contribution >= 4 is 17.5 Å². The largest absolute Gasteiger partial charge is 0.478 e. The van der Waals surface area contributed by atoms with E-state index < -0.39 is 5.97 Å². The monoisotopic (exact) mass is 415 g/mol. The van der Waals surface area contributed by atoms with E-state index in [4.69, 9.17) is 5.10 Å². The molecular weight excluding hydrogens is 393 g/mol. The molecule has 31 heavy (non-hydrogen) atoms. The first-order chi connectivity index (χ1) is 14.8. The number of carbonyl (C=O) groups is 1. The second-order valence-electron chi connectivity index (χ2n) is 7.60. The van der Waals surface area contributed by atoms with Gasteiger partial charge in [0.2, 0.25) is 0 Å². The Bertz CT molecular complexity index is 1280. The number of benzene rings is 3. The number of anilines is 2. The molecule has 0 aliphatic heterocycles. The minimum atomic E-state index is -1.01.